The van der Waals surface area contributed by atoms with Crippen molar-refractivity contribution in [3.63, 3.8) is 0 Å². The van der Waals surface area contributed by atoms with Gasteiger partial charge in [0.15, 0.2) is 0 Å². The zero-order valence-electron chi connectivity index (χ0n) is 12.5. The van der Waals surface area contributed by atoms with Crippen molar-refractivity contribution in [3.05, 3.63) is 71.4 Å². The summed E-state index contributed by atoms with van der Waals surface area (Å²) in [7, 11) is 0. The second-order valence-corrected chi connectivity index (χ2v) is 4.74. The number of para-hydroxylation sites is 2. The predicted octanol–water partition coefficient (Wildman–Crippen LogP) is 3.32. The number of nitrogens with one attached hydrogen (secondary N) is 2. The predicted molar refractivity (Wildman–Crippen MR) is 88.3 cm³/mol. The van der Waals surface area contributed by atoms with E-state index in [0.29, 0.717) is 16.9 Å². The highest BCUT2D eigenvalue weighted by molar-refractivity contribution is 6.07. The Morgan fingerprint density at radius 3 is 2.35 bits per heavy atom. The molecule has 0 heterocycles. The standard InChI is InChI=1S/C18H14N4O/c1-13-6-2-4-8-16(13)22-18(23)15(11-20)12-21-17-9-5-3-7-14(17)10-19/h2-9,12,21H,1H3,(H,22,23)/b15-12-. The van der Waals surface area contributed by atoms with Gasteiger partial charge in [-0.3, -0.25) is 4.79 Å². The van der Waals surface area contributed by atoms with Crippen LogP contribution in [0.5, 0.6) is 0 Å². The van der Waals surface area contributed by atoms with Gasteiger partial charge in [-0.15, -0.1) is 0 Å². The van der Waals surface area contributed by atoms with E-state index in [4.69, 9.17) is 10.5 Å². The molecule has 1 amide bonds. The Morgan fingerprint density at radius 1 is 1.04 bits per heavy atom. The van der Waals surface area contributed by atoms with Crippen LogP contribution in [0.25, 0.3) is 0 Å². The van der Waals surface area contributed by atoms with Crippen LogP contribution in [0.4, 0.5) is 11.4 Å². The van der Waals surface area contributed by atoms with Crippen molar-refractivity contribution in [2.75, 3.05) is 10.6 Å². The highest BCUT2D eigenvalue weighted by atomic mass is 16.1. The normalized spacial score (nSPS) is 10.3. The van der Waals surface area contributed by atoms with Crippen molar-refractivity contribution in [1.29, 1.82) is 10.5 Å². The van der Waals surface area contributed by atoms with Gasteiger partial charge in [0.25, 0.3) is 5.91 Å². The number of nitrogens with zero attached hydrogens (tertiary/aromatic N) is 2. The van der Waals surface area contributed by atoms with E-state index in [-0.39, 0.29) is 5.57 Å². The minimum absolute atomic E-state index is 0.0824. The molecule has 0 aliphatic rings. The van der Waals surface area contributed by atoms with Crippen molar-refractivity contribution in [1.82, 2.24) is 0 Å². The smallest absolute Gasteiger partial charge is 0.267 e. The van der Waals surface area contributed by atoms with Crippen molar-refractivity contribution < 1.29 is 4.79 Å². The van der Waals surface area contributed by atoms with Crippen LogP contribution < -0.4 is 10.6 Å². The number of aryl methyl sites for hydroxylation is 1. The second-order valence-electron chi connectivity index (χ2n) is 4.74. The van der Waals surface area contributed by atoms with Crippen LogP contribution in [-0.4, -0.2) is 5.91 Å². The molecule has 0 atom stereocenters. The molecular weight excluding hydrogens is 288 g/mol. The lowest BCUT2D eigenvalue weighted by Crippen LogP contribution is -2.15. The molecule has 23 heavy (non-hydrogen) atoms. The van der Waals surface area contributed by atoms with Crippen LogP contribution in [-0.2, 0) is 4.79 Å². The van der Waals surface area contributed by atoms with E-state index in [2.05, 4.69) is 10.6 Å². The lowest BCUT2D eigenvalue weighted by molar-refractivity contribution is -0.112. The molecule has 112 valence electrons. The van der Waals surface area contributed by atoms with Gasteiger partial charge < -0.3 is 10.6 Å². The Labute approximate surface area is 134 Å². The Hall–Kier alpha value is -3.57. The summed E-state index contributed by atoms with van der Waals surface area (Å²) in [6.07, 6.45) is 1.30. The fourth-order valence-electron chi connectivity index (χ4n) is 1.91. The first kappa shape index (κ1) is 15.8. The number of rotatable bonds is 4. The minimum Gasteiger partial charge on any atom is -0.359 e. The molecule has 2 aromatic carbocycles. The van der Waals surface area contributed by atoms with Crippen molar-refractivity contribution >= 4 is 17.3 Å². The Bertz CT molecular complexity index is 841. The third kappa shape index (κ3) is 3.96. The summed E-state index contributed by atoms with van der Waals surface area (Å²) in [5, 5.41) is 23.7. The Balaban J connectivity index is 2.16. The molecule has 2 N–H and O–H groups in total. The van der Waals surface area contributed by atoms with Crippen molar-refractivity contribution in [2.24, 2.45) is 0 Å². The van der Waals surface area contributed by atoms with Gasteiger partial charge in [-0.05, 0) is 30.7 Å². The first-order valence-electron chi connectivity index (χ1n) is 6.88. The maximum atomic E-state index is 12.2. The average molecular weight is 302 g/mol. The topological polar surface area (TPSA) is 88.7 Å². The van der Waals surface area contributed by atoms with Gasteiger partial charge >= 0.3 is 0 Å². The zero-order valence-corrected chi connectivity index (χ0v) is 12.5. The number of benzene rings is 2. The highest BCUT2D eigenvalue weighted by Gasteiger charge is 2.10. The van der Waals surface area contributed by atoms with E-state index in [1.54, 1.807) is 36.4 Å². The molecule has 5 heteroatoms. The molecule has 0 spiro atoms. The maximum absolute atomic E-state index is 12.2. The number of anilines is 2. The van der Waals surface area contributed by atoms with Gasteiger partial charge in [-0.2, -0.15) is 10.5 Å². The van der Waals surface area contributed by atoms with Crippen molar-refractivity contribution in [2.45, 2.75) is 6.92 Å². The molecular formula is C18H14N4O. The number of carbonyl (C=O) groups excluding carboxylic acids is 1. The summed E-state index contributed by atoms with van der Waals surface area (Å²) in [6, 6.07) is 18.0. The van der Waals surface area contributed by atoms with Crippen LogP contribution in [0.15, 0.2) is 60.3 Å². The number of hydrogen-bond acceptors (Lipinski definition) is 4. The van der Waals surface area contributed by atoms with Crippen LogP contribution in [0, 0.1) is 29.6 Å². The molecule has 0 aliphatic heterocycles. The zero-order chi connectivity index (χ0) is 16.7. The van der Waals surface area contributed by atoms with E-state index in [1.165, 1.54) is 6.20 Å². The molecule has 5 nitrogen and oxygen atoms in total. The summed E-state index contributed by atoms with van der Waals surface area (Å²) < 4.78 is 0. The van der Waals surface area contributed by atoms with Crippen molar-refractivity contribution in [3.8, 4) is 12.1 Å². The third-order valence-electron chi connectivity index (χ3n) is 3.18. The molecule has 0 aromatic heterocycles. The quantitative estimate of drug-likeness (QED) is 0.669. The van der Waals surface area contributed by atoms with E-state index in [1.807, 2.05) is 31.2 Å². The van der Waals surface area contributed by atoms with Gasteiger partial charge in [-0.1, -0.05) is 30.3 Å². The number of hydrogen-bond donors (Lipinski definition) is 2. The van der Waals surface area contributed by atoms with Gasteiger partial charge in [0.1, 0.15) is 17.7 Å². The molecule has 2 rings (SSSR count). The molecule has 0 radical (unpaired) electrons. The summed E-state index contributed by atoms with van der Waals surface area (Å²) in [5.74, 6) is -0.510. The first-order valence-corrected chi connectivity index (χ1v) is 6.88. The lowest BCUT2D eigenvalue weighted by atomic mass is 10.2. The minimum atomic E-state index is -0.510. The molecule has 0 bridgehead atoms. The van der Waals surface area contributed by atoms with E-state index >= 15 is 0 Å². The summed E-state index contributed by atoms with van der Waals surface area (Å²) in [6.45, 7) is 1.87. The van der Waals surface area contributed by atoms with Crippen LogP contribution in [0.3, 0.4) is 0 Å². The van der Waals surface area contributed by atoms with Gasteiger partial charge in [0.2, 0.25) is 0 Å². The average Bonchev–Trinajstić information content (AvgIpc) is 2.58. The van der Waals surface area contributed by atoms with Gasteiger partial charge in [0.05, 0.1) is 11.3 Å². The summed E-state index contributed by atoms with van der Waals surface area (Å²) in [4.78, 5) is 12.2. The molecule has 0 saturated heterocycles. The van der Waals surface area contributed by atoms with E-state index in [9.17, 15) is 4.79 Å². The van der Waals surface area contributed by atoms with Crippen LogP contribution in [0.2, 0.25) is 0 Å². The molecule has 0 unspecified atom stereocenters. The fraction of sp³-hybridized carbons (Fsp3) is 0.0556. The highest BCUT2D eigenvalue weighted by Crippen LogP contribution is 2.16. The molecule has 0 aliphatic carbocycles. The number of amides is 1. The molecule has 0 saturated carbocycles. The molecule has 0 fully saturated rings. The molecule has 2 aromatic rings. The number of carbonyl (C=O) groups is 1. The first-order chi connectivity index (χ1) is 11.2. The van der Waals surface area contributed by atoms with E-state index in [0.717, 1.165) is 5.56 Å². The largest absolute Gasteiger partial charge is 0.359 e. The number of nitriles is 2. The van der Waals surface area contributed by atoms with Crippen LogP contribution >= 0.6 is 0 Å². The van der Waals surface area contributed by atoms with Gasteiger partial charge in [-0.25, -0.2) is 0 Å². The van der Waals surface area contributed by atoms with Gasteiger partial charge in [0, 0.05) is 11.9 Å². The maximum Gasteiger partial charge on any atom is 0.267 e. The third-order valence-corrected chi connectivity index (χ3v) is 3.18. The van der Waals surface area contributed by atoms with E-state index < -0.39 is 5.91 Å². The monoisotopic (exact) mass is 302 g/mol. The second kappa shape index (κ2) is 7.44. The Morgan fingerprint density at radius 2 is 1.70 bits per heavy atom. The summed E-state index contributed by atoms with van der Waals surface area (Å²) >= 11 is 0. The SMILES string of the molecule is Cc1ccccc1NC(=O)/C(C#N)=C\Nc1ccccc1C#N. The summed E-state index contributed by atoms with van der Waals surface area (Å²) in [5.41, 5.74) is 2.43. The Kier molecular flexibility index (Phi) is 5.12. The fourth-order valence-corrected chi connectivity index (χ4v) is 1.91. The lowest BCUT2D eigenvalue weighted by Gasteiger charge is -2.08. The van der Waals surface area contributed by atoms with Crippen LogP contribution in [0.1, 0.15) is 11.1 Å².